The molecule has 12 heavy (non-hydrogen) atoms. The van der Waals surface area contributed by atoms with Gasteiger partial charge < -0.3 is 0 Å². The normalized spacial score (nSPS) is 10.7. The number of halogens is 2. The molecule has 1 nitrogen and oxygen atoms in total. The molecule has 1 aromatic rings. The third-order valence-electron chi connectivity index (χ3n) is 1.47. The number of methoxy groups -OCH3 is 1. The van der Waals surface area contributed by atoms with Crippen molar-refractivity contribution in [2.45, 2.75) is 6.61 Å². The third kappa shape index (κ3) is 2.85. The molecule has 0 radical (unpaired) electrons. The molecule has 0 spiro atoms. The molecule has 0 aliphatic rings. The van der Waals surface area contributed by atoms with E-state index >= 15 is 0 Å². The fourth-order valence-corrected chi connectivity index (χ4v) is 6.00. The van der Waals surface area contributed by atoms with E-state index in [1.54, 1.807) is 7.11 Å². The van der Waals surface area contributed by atoms with Crippen molar-refractivity contribution in [2.75, 3.05) is 7.11 Å². The van der Waals surface area contributed by atoms with Crippen molar-refractivity contribution in [2.24, 2.45) is 0 Å². The second kappa shape index (κ2) is 5.39. The van der Waals surface area contributed by atoms with Crippen molar-refractivity contribution in [1.82, 2.24) is 0 Å². The van der Waals surface area contributed by atoms with Crippen LogP contribution >= 0.6 is 17.0 Å². The van der Waals surface area contributed by atoms with Gasteiger partial charge in [-0.05, 0) is 0 Å². The van der Waals surface area contributed by atoms with E-state index in [9.17, 15) is 0 Å². The summed E-state index contributed by atoms with van der Waals surface area (Å²) in [5, 5.41) is 0. The fraction of sp³-hybridized carbons (Fsp3) is 0.250. The zero-order valence-corrected chi connectivity index (χ0v) is 11.6. The summed E-state index contributed by atoms with van der Waals surface area (Å²) >= 11 is -2.32. The molecule has 0 heterocycles. The van der Waals surface area contributed by atoms with Crippen LogP contribution < -0.4 is 3.27 Å². The molecule has 0 fully saturated rings. The van der Waals surface area contributed by atoms with E-state index in [1.165, 1.54) is 0 Å². The number of hydrogen-bond donors (Lipinski definition) is 0. The molecule has 0 aliphatic carbocycles. The average molecular weight is 401 g/mol. The molecule has 0 saturated heterocycles. The second-order valence-electron chi connectivity index (χ2n) is 2.29. The van der Waals surface area contributed by atoms with Crippen molar-refractivity contribution in [1.29, 1.82) is 0 Å². The number of rotatable bonds is 3. The topological polar surface area (TPSA) is 9.23 Å². The molecule has 66 valence electrons. The van der Waals surface area contributed by atoms with Crippen LogP contribution in [0.3, 0.4) is 0 Å². The Morgan fingerprint density at radius 3 is 2.58 bits per heavy atom. The zero-order valence-electron chi connectivity index (χ0n) is 6.63. The van der Waals surface area contributed by atoms with Crippen molar-refractivity contribution >= 4 is 39.7 Å². The molecule has 0 amide bonds. The standard InChI is InChI=1S/C8H9O.Bi.2ClH/c1-9-7-8-5-3-2-4-6-8;;;/h2-5H,7H2,1H3;;2*1H/q;+2;;/p-2. The average Bonchev–Trinajstić information content (AvgIpc) is 2.05. The van der Waals surface area contributed by atoms with Gasteiger partial charge in [-0.2, -0.15) is 0 Å². The summed E-state index contributed by atoms with van der Waals surface area (Å²) in [5.74, 6) is 0. The van der Waals surface area contributed by atoms with Gasteiger partial charge in [0.05, 0.1) is 0 Å². The van der Waals surface area contributed by atoms with E-state index in [-0.39, 0.29) is 0 Å². The second-order valence-corrected chi connectivity index (χ2v) is 13.4. The Labute approximate surface area is 87.4 Å². The molecule has 0 unspecified atom stereocenters. The first kappa shape index (κ1) is 10.7. The fourth-order valence-electron chi connectivity index (χ4n) is 0.953. The summed E-state index contributed by atoms with van der Waals surface area (Å²) in [4.78, 5) is 0. The van der Waals surface area contributed by atoms with E-state index < -0.39 is 19.4 Å². The SMILES string of the molecule is COCc1cccc[c]1[Bi]([Cl])[Cl]. The summed E-state index contributed by atoms with van der Waals surface area (Å²) in [7, 11) is 13.6. The maximum atomic E-state index is 5.96. The summed E-state index contributed by atoms with van der Waals surface area (Å²) in [6.45, 7) is 0.599. The molecule has 0 aliphatic heterocycles. The molecular formula is C8H9BiCl2O. The molecule has 1 aromatic carbocycles. The summed E-state index contributed by atoms with van der Waals surface area (Å²) in [6.07, 6.45) is 0. The van der Waals surface area contributed by atoms with Crippen LogP contribution in [0.15, 0.2) is 24.3 Å². The van der Waals surface area contributed by atoms with Gasteiger partial charge in [-0.15, -0.1) is 0 Å². The Hall–Kier alpha value is 0.643. The van der Waals surface area contributed by atoms with E-state index in [0.717, 1.165) is 8.83 Å². The predicted molar refractivity (Wildman–Crippen MR) is 54.2 cm³/mol. The quantitative estimate of drug-likeness (QED) is 0.705. The summed E-state index contributed by atoms with van der Waals surface area (Å²) in [6, 6.07) is 7.93. The molecule has 0 N–H and O–H groups in total. The first-order chi connectivity index (χ1) is 5.75. The van der Waals surface area contributed by atoms with Gasteiger partial charge in [0, 0.05) is 0 Å². The van der Waals surface area contributed by atoms with Gasteiger partial charge in [0.25, 0.3) is 0 Å². The monoisotopic (exact) mass is 400 g/mol. The van der Waals surface area contributed by atoms with Gasteiger partial charge in [-0.3, -0.25) is 0 Å². The molecule has 1 rings (SSSR count). The minimum atomic E-state index is -2.32. The number of hydrogen-bond acceptors (Lipinski definition) is 1. The van der Waals surface area contributed by atoms with Crippen molar-refractivity contribution < 1.29 is 4.74 Å². The van der Waals surface area contributed by atoms with E-state index in [4.69, 9.17) is 21.8 Å². The Balaban J connectivity index is 2.92. The molecule has 4 heteroatoms. The Morgan fingerprint density at radius 1 is 1.33 bits per heavy atom. The molecule has 0 atom stereocenters. The minimum absolute atomic E-state index is 0.599. The Bertz CT molecular complexity index is 253. The van der Waals surface area contributed by atoms with Gasteiger partial charge in [-0.1, -0.05) is 0 Å². The first-order valence-electron chi connectivity index (χ1n) is 3.44. The maximum absolute atomic E-state index is 5.96. The Kier molecular flexibility index (Phi) is 4.82. The van der Waals surface area contributed by atoms with Crippen molar-refractivity contribution in [3.05, 3.63) is 29.8 Å². The van der Waals surface area contributed by atoms with E-state index in [0.29, 0.717) is 6.61 Å². The third-order valence-corrected chi connectivity index (χ3v) is 7.78. The summed E-state index contributed by atoms with van der Waals surface area (Å²) in [5.41, 5.74) is 1.13. The molecule has 0 aromatic heterocycles. The van der Waals surface area contributed by atoms with Crippen molar-refractivity contribution in [3.8, 4) is 0 Å². The van der Waals surface area contributed by atoms with Crippen LogP contribution in [0.2, 0.25) is 0 Å². The first-order valence-corrected chi connectivity index (χ1v) is 13.7. The van der Waals surface area contributed by atoms with Crippen LogP contribution in [-0.2, 0) is 11.3 Å². The van der Waals surface area contributed by atoms with E-state index in [1.807, 2.05) is 24.3 Å². The van der Waals surface area contributed by atoms with E-state index in [2.05, 4.69) is 0 Å². The Morgan fingerprint density at radius 2 is 2.00 bits per heavy atom. The summed E-state index contributed by atoms with van der Waals surface area (Å²) < 4.78 is 6.16. The van der Waals surface area contributed by atoms with Crippen LogP contribution in [-0.4, -0.2) is 26.5 Å². The van der Waals surface area contributed by atoms with Crippen LogP contribution in [0, 0.1) is 0 Å². The zero-order chi connectivity index (χ0) is 8.97. The number of benzene rings is 1. The van der Waals surface area contributed by atoms with Crippen LogP contribution in [0.25, 0.3) is 0 Å². The molecular weight excluding hydrogens is 392 g/mol. The van der Waals surface area contributed by atoms with Gasteiger partial charge in [0.2, 0.25) is 0 Å². The van der Waals surface area contributed by atoms with Gasteiger partial charge in [0.15, 0.2) is 0 Å². The molecule has 0 saturated carbocycles. The van der Waals surface area contributed by atoms with Gasteiger partial charge >= 0.3 is 87.9 Å². The predicted octanol–water partition coefficient (Wildman–Crippen LogP) is 2.01. The van der Waals surface area contributed by atoms with Crippen molar-refractivity contribution in [3.63, 3.8) is 0 Å². The van der Waals surface area contributed by atoms with Gasteiger partial charge in [0.1, 0.15) is 0 Å². The van der Waals surface area contributed by atoms with Gasteiger partial charge in [-0.25, -0.2) is 0 Å². The van der Waals surface area contributed by atoms with Crippen LogP contribution in [0.5, 0.6) is 0 Å². The van der Waals surface area contributed by atoms with Crippen LogP contribution in [0.4, 0.5) is 0 Å². The van der Waals surface area contributed by atoms with Crippen LogP contribution in [0.1, 0.15) is 5.56 Å². The molecule has 0 bridgehead atoms. The number of ether oxygens (including phenoxy) is 1.